The topological polar surface area (TPSA) is 109 Å². The number of sulfone groups is 1. The lowest BCUT2D eigenvalue weighted by Gasteiger charge is -2.25. The average Bonchev–Trinajstić information content (AvgIpc) is 3.35. The first-order chi connectivity index (χ1) is 15.2. The zero-order valence-corrected chi connectivity index (χ0v) is 20.4. The van der Waals surface area contributed by atoms with Crippen molar-refractivity contribution in [3.63, 3.8) is 0 Å². The maximum atomic E-state index is 13.5. The molecular weight excluding hydrogens is 454 g/mol. The number of aromatic nitrogens is 5. The highest BCUT2D eigenvalue weighted by atomic mass is 35.5. The van der Waals surface area contributed by atoms with Crippen molar-refractivity contribution in [1.29, 1.82) is 0 Å². The molecule has 32 heavy (non-hydrogen) atoms. The summed E-state index contributed by atoms with van der Waals surface area (Å²) in [7, 11) is -3.67. The second-order valence-corrected chi connectivity index (χ2v) is 11.8. The first-order valence-electron chi connectivity index (χ1n) is 11.1. The molecule has 0 unspecified atom stereocenters. The van der Waals surface area contributed by atoms with Crippen molar-refractivity contribution in [2.24, 2.45) is 0 Å². The zero-order valence-electron chi connectivity index (χ0n) is 18.8. The fourth-order valence-corrected chi connectivity index (χ4v) is 5.50. The van der Waals surface area contributed by atoms with Gasteiger partial charge < -0.3 is 14.0 Å². The molecule has 0 aromatic carbocycles. The first kappa shape index (κ1) is 23.5. The van der Waals surface area contributed by atoms with Gasteiger partial charge in [-0.2, -0.15) is 0 Å². The average molecular weight is 484 g/mol. The number of ether oxygens (including phenoxy) is 2. The van der Waals surface area contributed by atoms with Gasteiger partial charge in [0.05, 0.1) is 22.5 Å². The maximum absolute atomic E-state index is 13.5. The minimum absolute atomic E-state index is 0.133. The molecule has 2 aliphatic rings. The molecule has 1 aliphatic carbocycles. The number of hydrogen-bond acceptors (Lipinski definition) is 8. The van der Waals surface area contributed by atoms with Crippen molar-refractivity contribution in [2.75, 3.05) is 0 Å². The molecule has 0 N–H and O–H groups in total. The van der Waals surface area contributed by atoms with Gasteiger partial charge in [0.1, 0.15) is 23.8 Å². The number of nitrogens with zero attached hydrogens (tertiary/aromatic N) is 5. The lowest BCUT2D eigenvalue weighted by molar-refractivity contribution is 0.00142. The fourth-order valence-electron chi connectivity index (χ4n) is 4.02. The third-order valence-electron chi connectivity index (χ3n) is 5.86. The molecule has 2 aromatic heterocycles. The van der Waals surface area contributed by atoms with E-state index in [2.05, 4.69) is 20.2 Å². The molecule has 9 nitrogen and oxygen atoms in total. The first-order valence-corrected chi connectivity index (χ1v) is 13.2. The normalized spacial score (nSPS) is 23.6. The Balaban J connectivity index is 1.60. The van der Waals surface area contributed by atoms with Crippen molar-refractivity contribution >= 4 is 21.4 Å². The Morgan fingerprint density at radius 1 is 1.16 bits per heavy atom. The van der Waals surface area contributed by atoms with Crippen molar-refractivity contribution in [1.82, 2.24) is 24.7 Å². The second-order valence-electron chi connectivity index (χ2n) is 8.97. The molecule has 11 heteroatoms. The van der Waals surface area contributed by atoms with E-state index in [0.29, 0.717) is 10.8 Å². The Morgan fingerprint density at radius 3 is 2.41 bits per heavy atom. The summed E-state index contributed by atoms with van der Waals surface area (Å²) in [6.45, 7) is 7.36. The van der Waals surface area contributed by atoms with E-state index in [0.717, 1.165) is 31.5 Å². The van der Waals surface area contributed by atoms with Crippen molar-refractivity contribution < 1.29 is 17.9 Å². The van der Waals surface area contributed by atoms with Gasteiger partial charge >= 0.3 is 0 Å². The summed E-state index contributed by atoms with van der Waals surface area (Å²) in [6, 6.07) is 0.238. The summed E-state index contributed by atoms with van der Waals surface area (Å²) in [5.74, 6) is 1.26. The lowest BCUT2D eigenvalue weighted by atomic mass is 10.2. The Kier molecular flexibility index (Phi) is 6.86. The molecule has 3 heterocycles. The van der Waals surface area contributed by atoms with Crippen LogP contribution in [0.15, 0.2) is 12.4 Å². The SMILES string of the molecule is CC(C)O[C@@H](c1ncc(Cl)cn1)[C@H](C)S(=O)(=O)Cc1nnc([C@@H]2CC[C@H](C)O2)n1C1CC1. The highest BCUT2D eigenvalue weighted by molar-refractivity contribution is 7.91. The van der Waals surface area contributed by atoms with E-state index in [1.54, 1.807) is 6.92 Å². The van der Waals surface area contributed by atoms with Crippen LogP contribution in [0.25, 0.3) is 0 Å². The molecule has 0 radical (unpaired) electrons. The Hall–Kier alpha value is -1.62. The van der Waals surface area contributed by atoms with Crippen molar-refractivity contribution in [3.05, 3.63) is 34.9 Å². The van der Waals surface area contributed by atoms with Gasteiger partial charge in [0.15, 0.2) is 21.5 Å². The van der Waals surface area contributed by atoms with E-state index in [-0.39, 0.29) is 35.9 Å². The van der Waals surface area contributed by atoms with Crippen LogP contribution in [-0.4, -0.2) is 50.6 Å². The van der Waals surface area contributed by atoms with Gasteiger partial charge in [-0.15, -0.1) is 10.2 Å². The molecule has 176 valence electrons. The third kappa shape index (κ3) is 5.13. The van der Waals surface area contributed by atoms with Crippen LogP contribution in [0.3, 0.4) is 0 Å². The predicted molar refractivity (Wildman–Crippen MR) is 119 cm³/mol. The van der Waals surface area contributed by atoms with Crippen molar-refractivity contribution in [2.45, 2.75) is 94.8 Å². The standard InChI is InChI=1S/C21H30ClN5O4S/c1-12(2)30-19(20-23-9-15(22)10-24-20)14(4)32(28,29)11-18-25-26-21(27(18)16-6-7-16)17-8-5-13(3)31-17/h9-10,12-14,16-17,19H,5-8,11H2,1-4H3/t13-,14-,17-,19+/m0/s1. The van der Waals surface area contributed by atoms with E-state index < -0.39 is 21.2 Å². The molecule has 4 rings (SSSR count). The summed E-state index contributed by atoms with van der Waals surface area (Å²) in [6.07, 6.45) is 5.71. The quantitative estimate of drug-likeness (QED) is 0.530. The Bertz CT molecular complexity index is 1040. The lowest BCUT2D eigenvalue weighted by Crippen LogP contribution is -2.32. The number of rotatable bonds is 9. The third-order valence-corrected chi connectivity index (χ3v) is 8.10. The van der Waals surface area contributed by atoms with Gasteiger partial charge in [-0.05, 0) is 53.4 Å². The van der Waals surface area contributed by atoms with E-state index in [1.165, 1.54) is 12.4 Å². The van der Waals surface area contributed by atoms with E-state index in [9.17, 15) is 8.42 Å². The molecule has 0 amide bonds. The summed E-state index contributed by atoms with van der Waals surface area (Å²) in [5, 5.41) is 8.12. The van der Waals surface area contributed by atoms with Crippen LogP contribution in [0.2, 0.25) is 5.02 Å². The van der Waals surface area contributed by atoms with E-state index in [4.69, 9.17) is 21.1 Å². The molecule has 4 atom stereocenters. The van der Waals surface area contributed by atoms with Crippen LogP contribution >= 0.6 is 11.6 Å². The van der Waals surface area contributed by atoms with Crippen LogP contribution in [0.5, 0.6) is 0 Å². The van der Waals surface area contributed by atoms with Gasteiger partial charge in [0.25, 0.3) is 0 Å². The van der Waals surface area contributed by atoms with Crippen molar-refractivity contribution in [3.8, 4) is 0 Å². The minimum atomic E-state index is -3.67. The second kappa shape index (κ2) is 9.32. The maximum Gasteiger partial charge on any atom is 0.163 e. The van der Waals surface area contributed by atoms with Gasteiger partial charge in [-0.25, -0.2) is 18.4 Å². The monoisotopic (exact) mass is 483 g/mol. The summed E-state index contributed by atoms with van der Waals surface area (Å²) in [5.41, 5.74) is 0. The fraction of sp³-hybridized carbons (Fsp3) is 0.714. The molecule has 1 saturated carbocycles. The predicted octanol–water partition coefficient (Wildman–Crippen LogP) is 3.77. The molecule has 0 bridgehead atoms. The van der Waals surface area contributed by atoms with Crippen LogP contribution in [0.4, 0.5) is 0 Å². The Labute approximate surface area is 193 Å². The van der Waals surface area contributed by atoms with Crippen LogP contribution < -0.4 is 0 Å². The molecule has 2 fully saturated rings. The van der Waals surface area contributed by atoms with Crippen LogP contribution in [0, 0.1) is 0 Å². The van der Waals surface area contributed by atoms with Gasteiger partial charge in [-0.1, -0.05) is 11.6 Å². The van der Waals surface area contributed by atoms with Crippen LogP contribution in [-0.2, 0) is 25.1 Å². The number of halogens is 1. The van der Waals surface area contributed by atoms with E-state index >= 15 is 0 Å². The highest BCUT2D eigenvalue weighted by Crippen LogP contribution is 2.41. The number of hydrogen-bond donors (Lipinski definition) is 0. The van der Waals surface area contributed by atoms with Gasteiger partial charge in [0, 0.05) is 18.4 Å². The Morgan fingerprint density at radius 2 is 1.84 bits per heavy atom. The molecule has 2 aromatic rings. The molecule has 1 aliphatic heterocycles. The van der Waals surface area contributed by atoms with E-state index in [1.807, 2.05) is 25.3 Å². The summed E-state index contributed by atoms with van der Waals surface area (Å²) in [4.78, 5) is 8.42. The largest absolute Gasteiger partial charge is 0.367 e. The molecular formula is C21H30ClN5O4S. The highest BCUT2D eigenvalue weighted by Gasteiger charge is 2.39. The van der Waals surface area contributed by atoms with Crippen LogP contribution in [0.1, 0.15) is 89.1 Å². The minimum Gasteiger partial charge on any atom is -0.367 e. The smallest absolute Gasteiger partial charge is 0.163 e. The molecule has 0 spiro atoms. The van der Waals surface area contributed by atoms with Gasteiger partial charge in [0.2, 0.25) is 0 Å². The summed E-state index contributed by atoms with van der Waals surface area (Å²) >= 11 is 5.90. The van der Waals surface area contributed by atoms with Gasteiger partial charge in [-0.3, -0.25) is 0 Å². The zero-order chi connectivity index (χ0) is 23.0. The summed E-state index contributed by atoms with van der Waals surface area (Å²) < 4.78 is 40.9. The molecule has 1 saturated heterocycles.